The van der Waals surface area contributed by atoms with E-state index in [1.807, 2.05) is 63.2 Å². The topological polar surface area (TPSA) is 73.1 Å². The average molecular weight is 428 g/mol. The van der Waals surface area contributed by atoms with Crippen LogP contribution in [-0.2, 0) is 17.9 Å². The fraction of sp³-hybridized carbons (Fsp3) is 0.192. The quantitative estimate of drug-likeness (QED) is 0.527. The minimum atomic E-state index is -0.509. The van der Waals surface area contributed by atoms with Crippen LogP contribution >= 0.6 is 0 Å². The second-order valence-electron chi connectivity index (χ2n) is 8.13. The summed E-state index contributed by atoms with van der Waals surface area (Å²) in [5.41, 5.74) is 4.26. The number of amides is 1. The first-order chi connectivity index (χ1) is 15.3. The Morgan fingerprint density at radius 2 is 1.53 bits per heavy atom. The molecule has 0 unspecified atom stereocenters. The first-order valence-electron chi connectivity index (χ1n) is 10.5. The summed E-state index contributed by atoms with van der Waals surface area (Å²) in [5, 5.41) is 3.28. The third-order valence-corrected chi connectivity index (χ3v) is 5.55. The lowest BCUT2D eigenvalue weighted by molar-refractivity contribution is -0.116. The van der Waals surface area contributed by atoms with Crippen molar-refractivity contribution < 1.29 is 4.79 Å². The highest BCUT2D eigenvalue weighted by Gasteiger charge is 2.16. The first-order valence-corrected chi connectivity index (χ1v) is 10.5. The van der Waals surface area contributed by atoms with Gasteiger partial charge in [0.1, 0.15) is 6.54 Å². The summed E-state index contributed by atoms with van der Waals surface area (Å²) < 4.78 is 2.56. The summed E-state index contributed by atoms with van der Waals surface area (Å²) >= 11 is 0. The molecule has 0 aliphatic rings. The molecule has 0 aliphatic carbocycles. The molecule has 3 aromatic carbocycles. The lowest BCUT2D eigenvalue weighted by atomic mass is 10.1. The van der Waals surface area contributed by atoms with Crippen molar-refractivity contribution in [3.05, 3.63) is 110 Å². The molecule has 1 aromatic heterocycles. The molecule has 0 saturated heterocycles. The van der Waals surface area contributed by atoms with Gasteiger partial charge in [-0.2, -0.15) is 0 Å². The van der Waals surface area contributed by atoms with Gasteiger partial charge in [-0.1, -0.05) is 59.7 Å². The van der Waals surface area contributed by atoms with Gasteiger partial charge < -0.3 is 5.32 Å². The van der Waals surface area contributed by atoms with Gasteiger partial charge in [0, 0.05) is 5.69 Å². The summed E-state index contributed by atoms with van der Waals surface area (Å²) in [5.74, 6) is -0.329. The molecule has 0 bridgehead atoms. The Morgan fingerprint density at radius 3 is 2.25 bits per heavy atom. The molecule has 0 spiro atoms. The molecule has 4 rings (SSSR count). The van der Waals surface area contributed by atoms with Gasteiger partial charge in [-0.15, -0.1) is 0 Å². The van der Waals surface area contributed by atoms with Crippen molar-refractivity contribution >= 4 is 22.5 Å². The van der Waals surface area contributed by atoms with E-state index in [0.717, 1.165) is 22.3 Å². The number of nitrogens with one attached hydrogen (secondary N) is 1. The fourth-order valence-corrected chi connectivity index (χ4v) is 3.83. The minimum Gasteiger partial charge on any atom is -0.324 e. The molecule has 162 valence electrons. The van der Waals surface area contributed by atoms with Gasteiger partial charge in [-0.3, -0.25) is 18.7 Å². The minimum absolute atomic E-state index is 0.140. The lowest BCUT2D eigenvalue weighted by Gasteiger charge is -2.15. The molecule has 4 aromatic rings. The van der Waals surface area contributed by atoms with Crippen LogP contribution in [0.1, 0.15) is 22.3 Å². The Labute approximate surface area is 185 Å². The maximum Gasteiger partial charge on any atom is 0.332 e. The number of aromatic nitrogens is 2. The van der Waals surface area contributed by atoms with E-state index in [-0.39, 0.29) is 24.6 Å². The van der Waals surface area contributed by atoms with Crippen LogP contribution in [-0.4, -0.2) is 15.0 Å². The van der Waals surface area contributed by atoms with Crippen molar-refractivity contribution in [3.63, 3.8) is 0 Å². The van der Waals surface area contributed by atoms with Gasteiger partial charge in [0.05, 0.1) is 17.4 Å². The van der Waals surface area contributed by atoms with Crippen LogP contribution in [0.4, 0.5) is 5.69 Å². The molecule has 1 amide bonds. The second-order valence-corrected chi connectivity index (χ2v) is 8.13. The van der Waals surface area contributed by atoms with Crippen LogP contribution in [0.2, 0.25) is 0 Å². The first kappa shape index (κ1) is 21.3. The van der Waals surface area contributed by atoms with Crippen molar-refractivity contribution in [2.45, 2.75) is 33.9 Å². The third kappa shape index (κ3) is 4.25. The normalized spacial score (nSPS) is 11.0. The van der Waals surface area contributed by atoms with E-state index in [2.05, 4.69) is 5.32 Å². The predicted molar refractivity (Wildman–Crippen MR) is 127 cm³/mol. The Bertz CT molecular complexity index is 1430. The Hall–Kier alpha value is -3.93. The molecule has 0 radical (unpaired) electrons. The number of fused-ring (bicyclic) bond motifs is 1. The van der Waals surface area contributed by atoms with Crippen LogP contribution < -0.4 is 16.6 Å². The van der Waals surface area contributed by atoms with Gasteiger partial charge >= 0.3 is 5.69 Å². The summed E-state index contributed by atoms with van der Waals surface area (Å²) in [4.78, 5) is 39.2. The number of carbonyl (C=O) groups excluding carboxylic acids is 1. The smallest absolute Gasteiger partial charge is 0.324 e. The van der Waals surface area contributed by atoms with Crippen LogP contribution in [0.5, 0.6) is 0 Å². The number of benzene rings is 3. The van der Waals surface area contributed by atoms with E-state index in [1.165, 1.54) is 9.13 Å². The molecule has 6 heteroatoms. The molecule has 1 heterocycles. The van der Waals surface area contributed by atoms with Crippen molar-refractivity contribution in [2.75, 3.05) is 5.32 Å². The van der Waals surface area contributed by atoms with Gasteiger partial charge in [0.15, 0.2) is 0 Å². The maximum atomic E-state index is 13.3. The van der Waals surface area contributed by atoms with Crippen LogP contribution in [0.3, 0.4) is 0 Å². The van der Waals surface area contributed by atoms with Crippen LogP contribution in [0, 0.1) is 20.8 Å². The molecule has 0 aliphatic heterocycles. The number of aryl methyl sites for hydroxylation is 3. The largest absolute Gasteiger partial charge is 0.332 e. The number of anilines is 1. The number of hydrogen-bond donors (Lipinski definition) is 1. The number of carbonyl (C=O) groups is 1. The third-order valence-electron chi connectivity index (χ3n) is 5.55. The van der Waals surface area contributed by atoms with Crippen LogP contribution in [0.25, 0.3) is 10.9 Å². The highest BCUT2D eigenvalue weighted by Crippen LogP contribution is 2.16. The van der Waals surface area contributed by atoms with E-state index >= 15 is 0 Å². The number of rotatable bonds is 5. The molecule has 0 saturated carbocycles. The highest BCUT2D eigenvalue weighted by molar-refractivity contribution is 5.92. The van der Waals surface area contributed by atoms with E-state index < -0.39 is 5.69 Å². The molecule has 0 fully saturated rings. The van der Waals surface area contributed by atoms with Crippen LogP contribution in [0.15, 0.2) is 76.3 Å². The SMILES string of the molecule is Cc1ccc(Cn2c(=O)c3ccccc3n(CC(=O)Nc3ccc(C)cc3C)c2=O)cc1. The number of para-hydroxylation sites is 1. The standard InChI is InChI=1S/C26H25N3O3/c1-17-8-11-20(12-9-17)15-29-25(31)21-6-4-5-7-23(21)28(26(29)32)16-24(30)27-22-13-10-18(2)14-19(22)3/h4-14H,15-16H2,1-3H3,(H,27,30). The maximum absolute atomic E-state index is 13.3. The van der Waals surface area contributed by atoms with Crippen molar-refractivity contribution in [1.82, 2.24) is 9.13 Å². The molecule has 32 heavy (non-hydrogen) atoms. The zero-order valence-corrected chi connectivity index (χ0v) is 18.4. The summed E-state index contributed by atoms with van der Waals surface area (Å²) in [6, 6.07) is 20.3. The zero-order chi connectivity index (χ0) is 22.8. The van der Waals surface area contributed by atoms with Gasteiger partial charge in [-0.25, -0.2) is 4.79 Å². The van der Waals surface area contributed by atoms with Crippen molar-refractivity contribution in [2.24, 2.45) is 0 Å². The Balaban J connectivity index is 1.74. The lowest BCUT2D eigenvalue weighted by Crippen LogP contribution is -2.42. The molecule has 6 nitrogen and oxygen atoms in total. The van der Waals surface area contributed by atoms with Crippen molar-refractivity contribution in [1.29, 1.82) is 0 Å². The summed E-state index contributed by atoms with van der Waals surface area (Å²) in [6.07, 6.45) is 0. The second kappa shape index (κ2) is 8.67. The Morgan fingerprint density at radius 1 is 0.844 bits per heavy atom. The summed E-state index contributed by atoms with van der Waals surface area (Å²) in [7, 11) is 0. The molecular formula is C26H25N3O3. The highest BCUT2D eigenvalue weighted by atomic mass is 16.2. The number of hydrogen-bond acceptors (Lipinski definition) is 3. The monoisotopic (exact) mass is 427 g/mol. The predicted octanol–water partition coefficient (Wildman–Crippen LogP) is 3.78. The van der Waals surface area contributed by atoms with E-state index in [9.17, 15) is 14.4 Å². The van der Waals surface area contributed by atoms with Gasteiger partial charge in [0.25, 0.3) is 5.56 Å². The van der Waals surface area contributed by atoms with E-state index in [1.54, 1.807) is 24.3 Å². The van der Waals surface area contributed by atoms with E-state index in [0.29, 0.717) is 16.6 Å². The molecular weight excluding hydrogens is 402 g/mol. The fourth-order valence-electron chi connectivity index (χ4n) is 3.83. The summed E-state index contributed by atoms with van der Waals surface area (Å²) in [6.45, 7) is 5.84. The van der Waals surface area contributed by atoms with E-state index in [4.69, 9.17) is 0 Å². The molecule has 0 atom stereocenters. The average Bonchev–Trinajstić information content (AvgIpc) is 2.77. The van der Waals surface area contributed by atoms with Gasteiger partial charge in [-0.05, 0) is 50.1 Å². The zero-order valence-electron chi connectivity index (χ0n) is 18.4. The number of nitrogens with zero attached hydrogens (tertiary/aromatic N) is 2. The Kier molecular flexibility index (Phi) is 5.77. The van der Waals surface area contributed by atoms with Gasteiger partial charge in [0.2, 0.25) is 5.91 Å². The molecule has 1 N–H and O–H groups in total. The van der Waals surface area contributed by atoms with Crippen molar-refractivity contribution in [3.8, 4) is 0 Å².